The van der Waals surface area contributed by atoms with E-state index in [-0.39, 0.29) is 9.90 Å². The number of hydrogen-bond acceptors (Lipinski definition) is 11. The van der Waals surface area contributed by atoms with Crippen LogP contribution in [0.2, 0.25) is 0 Å². The summed E-state index contributed by atoms with van der Waals surface area (Å²) < 4.78 is 15.3. The van der Waals surface area contributed by atoms with Crippen molar-refractivity contribution in [3.05, 3.63) is 0 Å². The molecule has 2 saturated heterocycles. The number of ether oxygens (including phenoxy) is 3. The van der Waals surface area contributed by atoms with Crippen LogP contribution in [0.4, 0.5) is 0 Å². The predicted octanol–water partition coefficient (Wildman–Crippen LogP) is -5.34. The highest BCUT2D eigenvalue weighted by atomic mass is 31.0. The van der Waals surface area contributed by atoms with E-state index in [0.717, 1.165) is 0 Å². The Morgan fingerprint density at radius 2 is 1.25 bits per heavy atom. The first-order chi connectivity index (χ1) is 10.8. The highest BCUT2D eigenvalue weighted by Gasteiger charge is 2.50. The third-order valence-electron chi connectivity index (χ3n) is 3.98. The summed E-state index contributed by atoms with van der Waals surface area (Å²) in [7, 11) is 0. The molecule has 144 valence electrons. The Labute approximate surface area is 140 Å². The van der Waals surface area contributed by atoms with Crippen molar-refractivity contribution in [2.45, 2.75) is 61.4 Å². The van der Waals surface area contributed by atoms with Gasteiger partial charge in [-0.15, -0.1) is 0 Å². The van der Waals surface area contributed by atoms with Gasteiger partial charge in [0.25, 0.3) is 0 Å². The SMILES string of the molecule is OC[C@H]1O[C@@H](O[C@H]2[C@H](O)[C@@H](O)C(O)O[C@@H]2CO)[C@H](O)[C@@H](O)[C@H]1O.P. The summed E-state index contributed by atoms with van der Waals surface area (Å²) in [5.74, 6) is 0. The maximum atomic E-state index is 9.94. The molecule has 12 heteroatoms. The molecule has 0 spiro atoms. The molecule has 11 atom stereocenters. The first kappa shape index (κ1) is 22.0. The van der Waals surface area contributed by atoms with Crippen molar-refractivity contribution in [3.63, 3.8) is 0 Å². The molecule has 0 aromatic rings. The van der Waals surface area contributed by atoms with Gasteiger partial charge in [-0.2, -0.15) is 9.90 Å². The lowest BCUT2D eigenvalue weighted by molar-refractivity contribution is -0.355. The quantitative estimate of drug-likeness (QED) is 0.219. The van der Waals surface area contributed by atoms with E-state index in [0.29, 0.717) is 0 Å². The van der Waals surface area contributed by atoms with Crippen molar-refractivity contribution < 1.29 is 55.1 Å². The summed E-state index contributed by atoms with van der Waals surface area (Å²) in [6.45, 7) is -1.35. The van der Waals surface area contributed by atoms with Crippen molar-refractivity contribution in [2.24, 2.45) is 0 Å². The van der Waals surface area contributed by atoms with Crippen LogP contribution in [-0.4, -0.2) is 115 Å². The molecule has 0 radical (unpaired) electrons. The highest BCUT2D eigenvalue weighted by Crippen LogP contribution is 2.28. The van der Waals surface area contributed by atoms with Gasteiger partial charge in [-0.1, -0.05) is 0 Å². The molecule has 2 rings (SSSR count). The topological polar surface area (TPSA) is 190 Å². The molecule has 8 N–H and O–H groups in total. The number of aliphatic hydroxyl groups excluding tert-OH is 8. The van der Waals surface area contributed by atoms with Crippen LogP contribution in [0.3, 0.4) is 0 Å². The van der Waals surface area contributed by atoms with Crippen molar-refractivity contribution in [1.82, 2.24) is 0 Å². The molecule has 2 fully saturated rings. The zero-order valence-electron chi connectivity index (χ0n) is 12.7. The van der Waals surface area contributed by atoms with E-state index in [1.54, 1.807) is 0 Å². The molecule has 0 saturated carbocycles. The van der Waals surface area contributed by atoms with Gasteiger partial charge in [0, 0.05) is 0 Å². The minimum absolute atomic E-state index is 0. The van der Waals surface area contributed by atoms with Gasteiger partial charge in [0.1, 0.15) is 48.8 Å². The summed E-state index contributed by atoms with van der Waals surface area (Å²) in [6.07, 6.45) is -15.6. The van der Waals surface area contributed by atoms with E-state index in [1.165, 1.54) is 0 Å². The molecule has 0 bridgehead atoms. The first-order valence-corrected chi connectivity index (χ1v) is 7.08. The summed E-state index contributed by atoms with van der Waals surface area (Å²) in [4.78, 5) is 0. The predicted molar refractivity (Wildman–Crippen MR) is 79.7 cm³/mol. The molecule has 2 heterocycles. The van der Waals surface area contributed by atoms with Gasteiger partial charge >= 0.3 is 0 Å². The molecular formula is C12H25O11P. The number of aliphatic hydroxyl groups is 8. The van der Waals surface area contributed by atoms with Crippen LogP contribution in [0, 0.1) is 0 Å². The first-order valence-electron chi connectivity index (χ1n) is 7.08. The van der Waals surface area contributed by atoms with Crippen LogP contribution < -0.4 is 0 Å². The fraction of sp³-hybridized carbons (Fsp3) is 1.00. The Balaban J connectivity index is 0.00000288. The lowest BCUT2D eigenvalue weighted by Gasteiger charge is -2.45. The lowest BCUT2D eigenvalue weighted by Crippen LogP contribution is -2.64. The maximum absolute atomic E-state index is 9.94. The third kappa shape index (κ3) is 4.21. The van der Waals surface area contributed by atoms with Gasteiger partial charge in [-0.25, -0.2) is 0 Å². The molecule has 2 aliphatic rings. The average molecular weight is 376 g/mol. The van der Waals surface area contributed by atoms with E-state index in [9.17, 15) is 35.7 Å². The summed E-state index contributed by atoms with van der Waals surface area (Å²) in [5.41, 5.74) is 0. The van der Waals surface area contributed by atoms with Gasteiger partial charge < -0.3 is 55.1 Å². The Hall–Kier alpha value is -0.01000. The van der Waals surface area contributed by atoms with Gasteiger partial charge in [-0.3, -0.25) is 0 Å². The van der Waals surface area contributed by atoms with Crippen LogP contribution >= 0.6 is 9.90 Å². The number of hydrogen-bond donors (Lipinski definition) is 8. The summed E-state index contributed by atoms with van der Waals surface area (Å²) in [6, 6.07) is 0. The third-order valence-corrected chi connectivity index (χ3v) is 3.98. The number of rotatable bonds is 4. The van der Waals surface area contributed by atoms with E-state index < -0.39 is 74.6 Å². The fourth-order valence-corrected chi connectivity index (χ4v) is 2.57. The molecule has 0 aromatic heterocycles. The van der Waals surface area contributed by atoms with Crippen LogP contribution in [0.5, 0.6) is 0 Å². The average Bonchev–Trinajstić information content (AvgIpc) is 2.55. The van der Waals surface area contributed by atoms with Crippen LogP contribution in [0.15, 0.2) is 0 Å². The Kier molecular flexibility index (Phi) is 8.34. The zero-order valence-corrected chi connectivity index (χ0v) is 14.1. The fourth-order valence-electron chi connectivity index (χ4n) is 2.57. The van der Waals surface area contributed by atoms with E-state index in [2.05, 4.69) is 0 Å². The van der Waals surface area contributed by atoms with Crippen LogP contribution in [0.25, 0.3) is 0 Å². The second-order valence-electron chi connectivity index (χ2n) is 5.53. The lowest BCUT2D eigenvalue weighted by atomic mass is 9.97. The van der Waals surface area contributed by atoms with Gasteiger partial charge in [0.15, 0.2) is 12.6 Å². The summed E-state index contributed by atoms with van der Waals surface area (Å²) >= 11 is 0. The van der Waals surface area contributed by atoms with Crippen LogP contribution in [-0.2, 0) is 14.2 Å². The standard InChI is InChI=1S/C12H22O11.H3P/c13-1-3-5(15)6(16)9(19)12(22-3)23-10-4(2-14)21-11(20)8(18)7(10)17;/h3-20H,1-2H2;1H3/t3-,4-,5+,6+,7-,8-,9-,10-,11?,12+;/m1./s1. The molecule has 2 unspecified atom stereocenters. The van der Waals surface area contributed by atoms with E-state index in [4.69, 9.17) is 19.3 Å². The van der Waals surface area contributed by atoms with Crippen molar-refractivity contribution >= 4 is 9.90 Å². The maximum Gasteiger partial charge on any atom is 0.187 e. The molecule has 11 nitrogen and oxygen atoms in total. The molecule has 0 aromatic carbocycles. The second-order valence-corrected chi connectivity index (χ2v) is 5.53. The largest absolute Gasteiger partial charge is 0.394 e. The molecule has 2 aliphatic heterocycles. The molecule has 24 heavy (non-hydrogen) atoms. The van der Waals surface area contributed by atoms with E-state index in [1.807, 2.05) is 0 Å². The summed E-state index contributed by atoms with van der Waals surface area (Å²) in [5, 5.41) is 76.5. The monoisotopic (exact) mass is 376 g/mol. The minimum atomic E-state index is -1.74. The normalized spacial score (nSPS) is 49.5. The molecule has 0 aliphatic carbocycles. The highest BCUT2D eigenvalue weighted by molar-refractivity contribution is 6.92. The minimum Gasteiger partial charge on any atom is -0.394 e. The van der Waals surface area contributed by atoms with Gasteiger partial charge in [0.05, 0.1) is 13.2 Å². The van der Waals surface area contributed by atoms with Crippen molar-refractivity contribution in [2.75, 3.05) is 13.2 Å². The van der Waals surface area contributed by atoms with Gasteiger partial charge in [0.2, 0.25) is 0 Å². The Morgan fingerprint density at radius 1 is 0.667 bits per heavy atom. The Morgan fingerprint density at radius 3 is 1.79 bits per heavy atom. The van der Waals surface area contributed by atoms with Gasteiger partial charge in [-0.05, 0) is 0 Å². The smallest absolute Gasteiger partial charge is 0.187 e. The van der Waals surface area contributed by atoms with Crippen LogP contribution in [0.1, 0.15) is 0 Å². The van der Waals surface area contributed by atoms with E-state index >= 15 is 0 Å². The molecule has 0 amide bonds. The van der Waals surface area contributed by atoms with Crippen molar-refractivity contribution in [1.29, 1.82) is 0 Å². The Bertz CT molecular complexity index is 384. The zero-order chi connectivity index (χ0) is 17.3. The second kappa shape index (κ2) is 9.08. The van der Waals surface area contributed by atoms with Crippen molar-refractivity contribution in [3.8, 4) is 0 Å². The molecular weight excluding hydrogens is 351 g/mol.